The number of aliphatic hydroxyl groups excluding tert-OH is 2. The third-order valence-electron chi connectivity index (χ3n) is 10.2. The van der Waals surface area contributed by atoms with E-state index in [0.29, 0.717) is 19.3 Å². The minimum atomic E-state index is -0.806. The summed E-state index contributed by atoms with van der Waals surface area (Å²) in [5.74, 6) is -0.558. The molecule has 0 fully saturated rings. The predicted octanol–water partition coefficient (Wildman–Crippen LogP) is 14.0. The molecule has 58 heavy (non-hydrogen) atoms. The molecule has 0 saturated heterocycles. The summed E-state index contributed by atoms with van der Waals surface area (Å²) in [4.78, 5) is 26.0. The van der Waals surface area contributed by atoms with Crippen molar-refractivity contribution in [2.24, 2.45) is 0 Å². The Morgan fingerprint density at radius 3 is 1.41 bits per heavy atom. The molecule has 0 rings (SSSR count). The maximum absolute atomic E-state index is 13.1. The Bertz CT molecular complexity index is 1130. The first kappa shape index (κ1) is 55.0. The average molecular weight is 808 g/mol. The van der Waals surface area contributed by atoms with Crippen molar-refractivity contribution < 1.29 is 24.5 Å². The highest BCUT2D eigenvalue weighted by molar-refractivity contribution is 5.77. The number of ether oxygens (including phenoxy) is 1. The van der Waals surface area contributed by atoms with Gasteiger partial charge in [0.15, 0.2) is 0 Å². The van der Waals surface area contributed by atoms with Gasteiger partial charge in [-0.05, 0) is 96.3 Å². The molecule has 0 radical (unpaired) electrons. The second-order valence-corrected chi connectivity index (χ2v) is 15.7. The fraction of sp³-hybridized carbons (Fsp3) is 0.692. The molecule has 0 aliphatic carbocycles. The third-order valence-corrected chi connectivity index (χ3v) is 10.2. The Labute approximate surface area is 357 Å². The Balaban J connectivity index is 4.70. The quantitative estimate of drug-likeness (QED) is 0.0325. The van der Waals surface area contributed by atoms with Crippen molar-refractivity contribution in [3.8, 4) is 0 Å². The number of rotatable bonds is 41. The smallest absolute Gasteiger partial charge is 0.306 e. The molecule has 0 aromatic heterocycles. The van der Waals surface area contributed by atoms with E-state index in [1.165, 1.54) is 51.4 Å². The van der Waals surface area contributed by atoms with Gasteiger partial charge >= 0.3 is 5.97 Å². The number of esters is 1. The predicted molar refractivity (Wildman–Crippen MR) is 250 cm³/mol. The summed E-state index contributed by atoms with van der Waals surface area (Å²) in [5, 5.41) is 23.6. The van der Waals surface area contributed by atoms with Crippen LogP contribution in [0.2, 0.25) is 0 Å². The first-order chi connectivity index (χ1) is 28.5. The molecular weight excluding hydrogens is 719 g/mol. The highest BCUT2D eigenvalue weighted by atomic mass is 16.5. The van der Waals surface area contributed by atoms with E-state index in [1.54, 1.807) is 0 Å². The largest absolute Gasteiger partial charge is 0.462 e. The zero-order valence-electron chi connectivity index (χ0n) is 37.6. The van der Waals surface area contributed by atoms with Gasteiger partial charge in [-0.15, -0.1) is 0 Å². The van der Waals surface area contributed by atoms with Crippen LogP contribution in [-0.2, 0) is 14.3 Å². The van der Waals surface area contributed by atoms with Crippen molar-refractivity contribution in [1.29, 1.82) is 0 Å². The number of amides is 1. The maximum atomic E-state index is 13.1. The molecular formula is C52H89NO5. The Hall–Kier alpha value is -2.96. The first-order valence-corrected chi connectivity index (χ1v) is 23.8. The molecule has 6 heteroatoms. The highest BCUT2D eigenvalue weighted by Gasteiger charge is 2.24. The number of hydrogen-bond acceptors (Lipinski definition) is 5. The van der Waals surface area contributed by atoms with Gasteiger partial charge in [0.1, 0.15) is 6.10 Å². The van der Waals surface area contributed by atoms with Crippen LogP contribution in [0.3, 0.4) is 0 Å². The van der Waals surface area contributed by atoms with Crippen LogP contribution in [0.15, 0.2) is 85.1 Å². The van der Waals surface area contributed by atoms with Crippen molar-refractivity contribution in [3.63, 3.8) is 0 Å². The van der Waals surface area contributed by atoms with Crippen LogP contribution >= 0.6 is 0 Å². The minimum absolute atomic E-state index is 0.0341. The van der Waals surface area contributed by atoms with Crippen LogP contribution in [0.5, 0.6) is 0 Å². The van der Waals surface area contributed by atoms with Crippen molar-refractivity contribution in [1.82, 2.24) is 5.32 Å². The van der Waals surface area contributed by atoms with Crippen LogP contribution < -0.4 is 5.32 Å². The minimum Gasteiger partial charge on any atom is -0.462 e. The van der Waals surface area contributed by atoms with Gasteiger partial charge in [-0.1, -0.05) is 183 Å². The van der Waals surface area contributed by atoms with E-state index in [-0.39, 0.29) is 24.9 Å². The fourth-order valence-electron chi connectivity index (χ4n) is 6.67. The first-order valence-electron chi connectivity index (χ1n) is 23.8. The number of carbonyl (C=O) groups excluding carboxylic acids is 2. The molecule has 1 amide bonds. The molecule has 0 aromatic rings. The summed E-state index contributed by atoms with van der Waals surface area (Å²) in [7, 11) is 0. The summed E-state index contributed by atoms with van der Waals surface area (Å²) in [6, 6.07) is -0.723. The molecule has 3 unspecified atom stereocenters. The number of hydrogen-bond donors (Lipinski definition) is 3. The number of carbonyl (C=O) groups is 2. The lowest BCUT2D eigenvalue weighted by Gasteiger charge is -2.24. The number of allylic oxidation sites excluding steroid dienone is 14. The average Bonchev–Trinajstić information content (AvgIpc) is 3.22. The number of nitrogens with one attached hydrogen (secondary N) is 1. The molecule has 0 saturated carbocycles. The van der Waals surface area contributed by atoms with Gasteiger partial charge in [-0.2, -0.15) is 0 Å². The highest BCUT2D eigenvalue weighted by Crippen LogP contribution is 2.16. The van der Waals surface area contributed by atoms with Gasteiger partial charge < -0.3 is 20.3 Å². The SMILES string of the molecule is CC/C=C/C/C=C/C/C=C/C/C=C/CCCCCC(=O)OC(CCCC/C=C/C/C=C/C/C=C/CC)CC(=O)NC(CO)C(O)CCCCCCCCCCCCC. The Morgan fingerprint density at radius 1 is 0.517 bits per heavy atom. The Morgan fingerprint density at radius 2 is 0.931 bits per heavy atom. The Kier molecular flexibility index (Phi) is 42.8. The molecule has 0 aliphatic rings. The van der Waals surface area contributed by atoms with E-state index in [2.05, 4.69) is 111 Å². The van der Waals surface area contributed by atoms with Crippen LogP contribution in [-0.4, -0.2) is 46.9 Å². The maximum Gasteiger partial charge on any atom is 0.306 e. The lowest BCUT2D eigenvalue weighted by atomic mass is 10.0. The van der Waals surface area contributed by atoms with Crippen molar-refractivity contribution >= 4 is 11.9 Å². The van der Waals surface area contributed by atoms with Crippen molar-refractivity contribution in [3.05, 3.63) is 85.1 Å². The molecule has 0 bridgehead atoms. The molecule has 332 valence electrons. The van der Waals surface area contributed by atoms with Gasteiger partial charge in [0.25, 0.3) is 0 Å². The second-order valence-electron chi connectivity index (χ2n) is 15.7. The summed E-state index contributed by atoms with van der Waals surface area (Å²) >= 11 is 0. The zero-order valence-corrected chi connectivity index (χ0v) is 37.6. The van der Waals surface area contributed by atoms with E-state index >= 15 is 0 Å². The van der Waals surface area contributed by atoms with Crippen LogP contribution in [0.25, 0.3) is 0 Å². The zero-order chi connectivity index (χ0) is 42.4. The fourth-order valence-corrected chi connectivity index (χ4v) is 6.67. The molecule has 3 N–H and O–H groups in total. The van der Waals surface area contributed by atoms with E-state index < -0.39 is 18.2 Å². The van der Waals surface area contributed by atoms with Crippen LogP contribution in [0, 0.1) is 0 Å². The van der Waals surface area contributed by atoms with Crippen molar-refractivity contribution in [2.75, 3.05) is 6.61 Å². The molecule has 0 aliphatic heterocycles. The lowest BCUT2D eigenvalue weighted by Crippen LogP contribution is -2.46. The topological polar surface area (TPSA) is 95.9 Å². The summed E-state index contributed by atoms with van der Waals surface area (Å²) in [6.45, 7) is 6.21. The van der Waals surface area contributed by atoms with Crippen molar-refractivity contribution in [2.45, 2.75) is 225 Å². The standard InChI is InChI=1S/C52H89NO5/c1-4-7-10-13-16-19-22-24-25-26-27-30-33-36-39-42-45-52(57)58-48(43-40-37-34-31-29-23-20-17-14-11-8-5-2)46-51(56)53-49(47-54)50(55)44-41-38-35-32-28-21-18-15-12-9-6-3/h7-8,10-11,16-17,19-20,24-25,27,29-31,48-50,54-55H,4-6,9,12-15,18,21-23,26,28,32-47H2,1-3H3,(H,53,56)/b10-7+,11-8+,19-16+,20-17+,25-24+,30-27+,31-29+. The molecule has 0 heterocycles. The van der Waals surface area contributed by atoms with Crippen LogP contribution in [0.4, 0.5) is 0 Å². The molecule has 0 spiro atoms. The summed E-state index contributed by atoms with van der Waals surface area (Å²) in [5.41, 5.74) is 0. The van der Waals surface area contributed by atoms with Gasteiger partial charge in [0.05, 0.1) is 25.2 Å². The van der Waals surface area contributed by atoms with E-state index in [4.69, 9.17) is 4.74 Å². The molecule has 0 aromatic carbocycles. The van der Waals surface area contributed by atoms with E-state index in [1.807, 2.05) is 0 Å². The third kappa shape index (κ3) is 39.8. The van der Waals surface area contributed by atoms with Gasteiger partial charge in [-0.3, -0.25) is 9.59 Å². The van der Waals surface area contributed by atoms with Crippen LogP contribution in [0.1, 0.15) is 207 Å². The monoisotopic (exact) mass is 808 g/mol. The van der Waals surface area contributed by atoms with Gasteiger partial charge in [0, 0.05) is 6.42 Å². The number of unbranched alkanes of at least 4 members (excludes halogenated alkanes) is 15. The summed E-state index contributed by atoms with van der Waals surface area (Å²) < 4.78 is 5.88. The van der Waals surface area contributed by atoms with Gasteiger partial charge in [0.2, 0.25) is 5.91 Å². The normalized spacial score (nSPS) is 14.1. The summed E-state index contributed by atoms with van der Waals surface area (Å²) in [6.07, 6.45) is 57.9. The lowest BCUT2D eigenvalue weighted by molar-refractivity contribution is -0.151. The molecule has 3 atom stereocenters. The second kappa shape index (κ2) is 45.1. The number of aliphatic hydroxyl groups is 2. The van der Waals surface area contributed by atoms with E-state index in [0.717, 1.165) is 109 Å². The van der Waals surface area contributed by atoms with E-state index in [9.17, 15) is 19.8 Å². The molecule has 6 nitrogen and oxygen atoms in total. The van der Waals surface area contributed by atoms with Gasteiger partial charge in [-0.25, -0.2) is 0 Å².